The van der Waals surface area contributed by atoms with Crippen molar-refractivity contribution in [2.24, 2.45) is 0 Å². The molecule has 0 bridgehead atoms. The zero-order valence-electron chi connectivity index (χ0n) is 16.4. The van der Waals surface area contributed by atoms with Crippen molar-refractivity contribution >= 4 is 0 Å². The molecule has 0 spiro atoms. The van der Waals surface area contributed by atoms with Gasteiger partial charge in [-0.05, 0) is 37.9 Å². The summed E-state index contributed by atoms with van der Waals surface area (Å²) < 4.78 is 5.39. The van der Waals surface area contributed by atoms with Gasteiger partial charge >= 0.3 is 0 Å². The Bertz CT molecular complexity index is 655. The smallest absolute Gasteiger partial charge is 0.229 e. The lowest BCUT2D eigenvalue weighted by Gasteiger charge is -2.39. The summed E-state index contributed by atoms with van der Waals surface area (Å²) in [6.45, 7) is 11.6. The van der Waals surface area contributed by atoms with Crippen molar-refractivity contribution in [1.82, 2.24) is 19.9 Å². The van der Waals surface area contributed by atoms with E-state index in [0.717, 1.165) is 44.3 Å². The van der Waals surface area contributed by atoms with Crippen LogP contribution < -0.4 is 0 Å². The summed E-state index contributed by atoms with van der Waals surface area (Å²) in [7, 11) is 0. The zero-order chi connectivity index (χ0) is 18.4. The van der Waals surface area contributed by atoms with E-state index in [-0.39, 0.29) is 5.92 Å². The summed E-state index contributed by atoms with van der Waals surface area (Å²) in [5.74, 6) is 1.85. The predicted molar refractivity (Wildman–Crippen MR) is 104 cm³/mol. The van der Waals surface area contributed by atoms with Crippen LogP contribution in [0.1, 0.15) is 63.2 Å². The van der Waals surface area contributed by atoms with Gasteiger partial charge in [-0.25, -0.2) is 0 Å². The van der Waals surface area contributed by atoms with Crippen molar-refractivity contribution < 1.29 is 4.52 Å². The molecule has 1 aliphatic heterocycles. The molecule has 1 aromatic carbocycles. The molecule has 0 amide bonds. The van der Waals surface area contributed by atoms with Gasteiger partial charge in [0.05, 0.1) is 6.54 Å². The summed E-state index contributed by atoms with van der Waals surface area (Å²) >= 11 is 0. The van der Waals surface area contributed by atoms with Crippen molar-refractivity contribution in [3.63, 3.8) is 0 Å². The normalized spacial score (nSPS) is 18.7. The summed E-state index contributed by atoms with van der Waals surface area (Å²) in [5, 5.41) is 4.20. The quantitative estimate of drug-likeness (QED) is 0.713. The molecule has 1 unspecified atom stereocenters. The molecule has 5 nitrogen and oxygen atoms in total. The number of rotatable bonds is 8. The molecular formula is C21H32N4O. The van der Waals surface area contributed by atoms with E-state index in [1.807, 2.05) is 0 Å². The van der Waals surface area contributed by atoms with Gasteiger partial charge in [-0.3, -0.25) is 9.80 Å². The van der Waals surface area contributed by atoms with Crippen molar-refractivity contribution in [2.45, 2.75) is 65.1 Å². The van der Waals surface area contributed by atoms with Gasteiger partial charge in [0.15, 0.2) is 5.82 Å². The standard InChI is InChI=1S/C21H32N4O/c1-4-12-25(16-20-22-21(17(2)3)26-23-20)19-11-8-13-24(15-19)14-18-9-6-5-7-10-18/h5-7,9-10,17,19H,4,8,11-16H2,1-3H3. The second kappa shape index (κ2) is 9.28. The highest BCUT2D eigenvalue weighted by Gasteiger charge is 2.26. The Morgan fingerprint density at radius 1 is 1.27 bits per heavy atom. The van der Waals surface area contributed by atoms with E-state index in [1.54, 1.807) is 0 Å². The van der Waals surface area contributed by atoms with Crippen LogP contribution >= 0.6 is 0 Å². The number of hydrogen-bond donors (Lipinski definition) is 0. The first-order valence-electron chi connectivity index (χ1n) is 9.98. The van der Waals surface area contributed by atoms with Crippen LogP contribution in [-0.2, 0) is 13.1 Å². The molecule has 1 aliphatic rings. The van der Waals surface area contributed by atoms with Gasteiger partial charge in [0, 0.05) is 25.0 Å². The number of nitrogens with zero attached hydrogens (tertiary/aromatic N) is 4. The fourth-order valence-electron chi connectivity index (χ4n) is 3.74. The Kier molecular flexibility index (Phi) is 6.80. The van der Waals surface area contributed by atoms with E-state index in [1.165, 1.54) is 24.9 Å². The molecule has 1 saturated heterocycles. The van der Waals surface area contributed by atoms with Crippen LogP contribution in [0.5, 0.6) is 0 Å². The third-order valence-corrected chi connectivity index (χ3v) is 5.08. The molecular weight excluding hydrogens is 324 g/mol. The number of piperidine rings is 1. The molecule has 1 atom stereocenters. The first kappa shape index (κ1) is 19.1. The molecule has 0 N–H and O–H groups in total. The van der Waals surface area contributed by atoms with Crippen molar-refractivity contribution in [3.8, 4) is 0 Å². The minimum absolute atomic E-state index is 0.284. The maximum absolute atomic E-state index is 5.39. The lowest BCUT2D eigenvalue weighted by molar-refractivity contribution is 0.0852. The van der Waals surface area contributed by atoms with Gasteiger partial charge in [0.25, 0.3) is 0 Å². The average Bonchev–Trinajstić information content (AvgIpc) is 3.11. The third-order valence-electron chi connectivity index (χ3n) is 5.08. The Hall–Kier alpha value is -1.72. The SMILES string of the molecule is CCCN(Cc1noc(C(C)C)n1)C1CCCN(Cc2ccccc2)C1. The fourth-order valence-corrected chi connectivity index (χ4v) is 3.74. The molecule has 0 saturated carbocycles. The second-order valence-corrected chi connectivity index (χ2v) is 7.69. The monoisotopic (exact) mass is 356 g/mol. The number of likely N-dealkylation sites (tertiary alicyclic amines) is 1. The molecule has 1 fully saturated rings. The molecule has 2 heterocycles. The summed E-state index contributed by atoms with van der Waals surface area (Å²) in [6, 6.07) is 11.3. The molecule has 0 aliphatic carbocycles. The molecule has 2 aromatic rings. The van der Waals surface area contributed by atoms with E-state index in [0.29, 0.717) is 6.04 Å². The number of hydrogen-bond acceptors (Lipinski definition) is 5. The van der Waals surface area contributed by atoms with E-state index >= 15 is 0 Å². The van der Waals surface area contributed by atoms with Crippen molar-refractivity contribution in [2.75, 3.05) is 19.6 Å². The van der Waals surface area contributed by atoms with Gasteiger partial charge in [0.1, 0.15) is 0 Å². The Morgan fingerprint density at radius 2 is 2.08 bits per heavy atom. The topological polar surface area (TPSA) is 45.4 Å². The Balaban J connectivity index is 1.62. The fraction of sp³-hybridized carbons (Fsp3) is 0.619. The van der Waals surface area contributed by atoms with Crippen LogP contribution in [0.3, 0.4) is 0 Å². The minimum Gasteiger partial charge on any atom is -0.339 e. The van der Waals surface area contributed by atoms with Crippen LogP contribution in [0.15, 0.2) is 34.9 Å². The van der Waals surface area contributed by atoms with Crippen molar-refractivity contribution in [1.29, 1.82) is 0 Å². The van der Waals surface area contributed by atoms with Crippen LogP contribution in [0.4, 0.5) is 0 Å². The zero-order valence-corrected chi connectivity index (χ0v) is 16.4. The molecule has 1 aromatic heterocycles. The maximum atomic E-state index is 5.39. The van der Waals surface area contributed by atoms with E-state index in [4.69, 9.17) is 4.52 Å². The van der Waals surface area contributed by atoms with Crippen LogP contribution in [0, 0.1) is 0 Å². The first-order valence-corrected chi connectivity index (χ1v) is 9.98. The predicted octanol–water partition coefficient (Wildman–Crippen LogP) is 4.07. The third kappa shape index (κ3) is 5.15. The summed E-state index contributed by atoms with van der Waals surface area (Å²) in [4.78, 5) is 9.71. The molecule has 26 heavy (non-hydrogen) atoms. The number of aromatic nitrogens is 2. The summed E-state index contributed by atoms with van der Waals surface area (Å²) in [5.41, 5.74) is 1.40. The van der Waals surface area contributed by atoms with Gasteiger partial charge in [-0.2, -0.15) is 4.98 Å². The Morgan fingerprint density at radius 3 is 2.77 bits per heavy atom. The van der Waals surface area contributed by atoms with E-state index < -0.39 is 0 Å². The van der Waals surface area contributed by atoms with Gasteiger partial charge in [-0.1, -0.05) is 56.3 Å². The molecule has 142 valence electrons. The minimum atomic E-state index is 0.284. The van der Waals surface area contributed by atoms with E-state index in [9.17, 15) is 0 Å². The van der Waals surface area contributed by atoms with Crippen LogP contribution in [0.25, 0.3) is 0 Å². The van der Waals surface area contributed by atoms with Gasteiger partial charge < -0.3 is 4.52 Å². The average molecular weight is 357 g/mol. The largest absolute Gasteiger partial charge is 0.339 e. The first-order chi connectivity index (χ1) is 12.7. The summed E-state index contributed by atoms with van der Waals surface area (Å²) in [6.07, 6.45) is 3.64. The van der Waals surface area contributed by atoms with Crippen LogP contribution in [-0.4, -0.2) is 45.6 Å². The highest BCUT2D eigenvalue weighted by molar-refractivity contribution is 5.14. The highest BCUT2D eigenvalue weighted by Crippen LogP contribution is 2.20. The lowest BCUT2D eigenvalue weighted by Crippen LogP contribution is -2.47. The highest BCUT2D eigenvalue weighted by atomic mass is 16.5. The molecule has 0 radical (unpaired) electrons. The molecule has 3 rings (SSSR count). The van der Waals surface area contributed by atoms with E-state index in [2.05, 4.69) is 71.0 Å². The lowest BCUT2D eigenvalue weighted by atomic mass is 10.0. The van der Waals surface area contributed by atoms with Gasteiger partial charge in [0.2, 0.25) is 5.89 Å². The van der Waals surface area contributed by atoms with Gasteiger partial charge in [-0.15, -0.1) is 0 Å². The maximum Gasteiger partial charge on any atom is 0.229 e. The Labute approximate surface area is 157 Å². The molecule has 5 heteroatoms. The number of benzene rings is 1. The van der Waals surface area contributed by atoms with Crippen LogP contribution in [0.2, 0.25) is 0 Å². The second-order valence-electron chi connectivity index (χ2n) is 7.69. The van der Waals surface area contributed by atoms with Crippen molar-refractivity contribution in [3.05, 3.63) is 47.6 Å².